The van der Waals surface area contributed by atoms with E-state index in [9.17, 15) is 4.79 Å². The molecule has 3 rings (SSSR count). The van der Waals surface area contributed by atoms with Crippen molar-refractivity contribution in [1.29, 1.82) is 0 Å². The van der Waals surface area contributed by atoms with Gasteiger partial charge in [0.05, 0.1) is 18.6 Å². The van der Waals surface area contributed by atoms with E-state index in [1.807, 2.05) is 36.4 Å². The third-order valence-electron chi connectivity index (χ3n) is 5.02. The molecule has 1 heterocycles. The van der Waals surface area contributed by atoms with Gasteiger partial charge in [0.1, 0.15) is 10.8 Å². The highest BCUT2D eigenvalue weighted by Crippen LogP contribution is 2.25. The van der Waals surface area contributed by atoms with E-state index < -0.39 is 0 Å². The van der Waals surface area contributed by atoms with Gasteiger partial charge >= 0.3 is 0 Å². The lowest BCUT2D eigenvalue weighted by Crippen LogP contribution is -2.27. The summed E-state index contributed by atoms with van der Waals surface area (Å²) in [7, 11) is 1.65. The monoisotopic (exact) mass is 421 g/mol. The molecule has 0 aliphatic rings. The molecule has 0 fully saturated rings. The lowest BCUT2D eigenvalue weighted by Gasteiger charge is -2.10. The third-order valence-corrected chi connectivity index (χ3v) is 5.94. The van der Waals surface area contributed by atoms with Gasteiger partial charge in [-0.15, -0.1) is 10.2 Å². The fraction of sp³-hybridized carbons (Fsp3) is 0.292. The number of hydrogen-bond donors (Lipinski definition) is 1. The molecule has 2 aromatic carbocycles. The average Bonchev–Trinajstić information content (AvgIpc) is 2.75. The van der Waals surface area contributed by atoms with Crippen LogP contribution in [0.2, 0.25) is 0 Å². The highest BCUT2D eigenvalue weighted by molar-refractivity contribution is 7.99. The third kappa shape index (κ3) is 5.60. The highest BCUT2D eigenvalue weighted by Gasteiger charge is 2.09. The van der Waals surface area contributed by atoms with Crippen LogP contribution in [0.1, 0.15) is 22.3 Å². The van der Waals surface area contributed by atoms with Crippen molar-refractivity contribution in [2.24, 2.45) is 0 Å². The van der Waals surface area contributed by atoms with E-state index in [0.29, 0.717) is 12.3 Å². The fourth-order valence-electron chi connectivity index (χ4n) is 3.21. The number of ether oxygens (including phenoxy) is 1. The van der Waals surface area contributed by atoms with Crippen molar-refractivity contribution >= 4 is 17.7 Å². The van der Waals surface area contributed by atoms with Crippen LogP contribution in [0.4, 0.5) is 0 Å². The molecule has 1 N–H and O–H groups in total. The Morgan fingerprint density at radius 2 is 1.77 bits per heavy atom. The molecule has 1 aromatic heterocycles. The van der Waals surface area contributed by atoms with E-state index in [-0.39, 0.29) is 5.91 Å². The Labute approximate surface area is 182 Å². The number of methoxy groups -OCH3 is 1. The van der Waals surface area contributed by atoms with Gasteiger partial charge in [-0.25, -0.2) is 0 Å². The minimum absolute atomic E-state index is 0.0224. The van der Waals surface area contributed by atoms with Gasteiger partial charge in [0.15, 0.2) is 0 Å². The van der Waals surface area contributed by atoms with Crippen LogP contribution in [0.5, 0.6) is 5.75 Å². The number of aryl methyl sites for hydroxylation is 3. The molecule has 0 saturated heterocycles. The van der Waals surface area contributed by atoms with Crippen molar-refractivity contribution in [3.8, 4) is 17.0 Å². The van der Waals surface area contributed by atoms with Crippen LogP contribution < -0.4 is 10.1 Å². The second kappa shape index (κ2) is 10.3. The molecule has 0 saturated carbocycles. The molecule has 0 radical (unpaired) electrons. The van der Waals surface area contributed by atoms with Crippen LogP contribution in [0.15, 0.2) is 53.6 Å². The van der Waals surface area contributed by atoms with E-state index in [1.165, 1.54) is 28.5 Å². The van der Waals surface area contributed by atoms with Crippen molar-refractivity contribution in [3.63, 3.8) is 0 Å². The van der Waals surface area contributed by atoms with Gasteiger partial charge in [-0.3, -0.25) is 4.79 Å². The minimum Gasteiger partial charge on any atom is -0.496 e. The number of aromatic nitrogens is 2. The first-order valence-electron chi connectivity index (χ1n) is 9.91. The number of para-hydroxylation sites is 1. The van der Waals surface area contributed by atoms with Crippen LogP contribution in [0.3, 0.4) is 0 Å². The van der Waals surface area contributed by atoms with Crippen LogP contribution in [0.25, 0.3) is 11.3 Å². The summed E-state index contributed by atoms with van der Waals surface area (Å²) in [5.41, 5.74) is 6.71. The zero-order chi connectivity index (χ0) is 21.5. The number of rotatable bonds is 8. The Morgan fingerprint density at radius 3 is 2.50 bits per heavy atom. The Morgan fingerprint density at radius 1 is 1.00 bits per heavy atom. The normalized spacial score (nSPS) is 10.7. The quantitative estimate of drug-likeness (QED) is 0.542. The standard InChI is InChI=1S/C24H27N3O2S/c1-16-13-18(3)20(14-17(16)2)21-9-10-24(27-26-21)30-15-23(28)25-12-11-19-7-5-6-8-22(19)29-4/h5-10,13-14H,11-12,15H2,1-4H3,(H,25,28). The Bertz CT molecular complexity index is 1020. The Kier molecular flexibility index (Phi) is 7.46. The molecule has 0 atom stereocenters. The van der Waals surface area contributed by atoms with Crippen molar-refractivity contribution < 1.29 is 9.53 Å². The maximum atomic E-state index is 12.2. The smallest absolute Gasteiger partial charge is 0.230 e. The van der Waals surface area contributed by atoms with E-state index >= 15 is 0 Å². The molecular weight excluding hydrogens is 394 g/mol. The average molecular weight is 422 g/mol. The highest BCUT2D eigenvalue weighted by atomic mass is 32.2. The largest absolute Gasteiger partial charge is 0.496 e. The number of thioether (sulfide) groups is 1. The van der Waals surface area contributed by atoms with Crippen molar-refractivity contribution in [2.45, 2.75) is 32.2 Å². The number of carbonyl (C=O) groups is 1. The summed E-state index contributed by atoms with van der Waals surface area (Å²) in [6, 6.07) is 16.0. The fourth-order valence-corrected chi connectivity index (χ4v) is 3.86. The van der Waals surface area contributed by atoms with Gasteiger partial charge in [0.25, 0.3) is 0 Å². The first-order valence-corrected chi connectivity index (χ1v) is 10.9. The summed E-state index contributed by atoms with van der Waals surface area (Å²) in [6.07, 6.45) is 0.726. The molecular formula is C24H27N3O2S. The van der Waals surface area contributed by atoms with Crippen LogP contribution >= 0.6 is 11.8 Å². The van der Waals surface area contributed by atoms with Gasteiger partial charge in [0.2, 0.25) is 5.91 Å². The summed E-state index contributed by atoms with van der Waals surface area (Å²) < 4.78 is 5.34. The molecule has 30 heavy (non-hydrogen) atoms. The molecule has 6 heteroatoms. The molecule has 0 aliphatic heterocycles. The van der Waals surface area contributed by atoms with Gasteiger partial charge in [0, 0.05) is 12.1 Å². The van der Waals surface area contributed by atoms with Crippen LogP contribution in [-0.2, 0) is 11.2 Å². The van der Waals surface area contributed by atoms with Crippen molar-refractivity contribution in [1.82, 2.24) is 15.5 Å². The van der Waals surface area contributed by atoms with Gasteiger partial charge < -0.3 is 10.1 Å². The Hall–Kier alpha value is -2.86. The number of carbonyl (C=O) groups excluding carboxylic acids is 1. The van der Waals surface area contributed by atoms with Crippen molar-refractivity contribution in [2.75, 3.05) is 19.4 Å². The first kappa shape index (κ1) is 21.8. The zero-order valence-electron chi connectivity index (χ0n) is 17.9. The number of nitrogens with one attached hydrogen (secondary N) is 1. The maximum absolute atomic E-state index is 12.2. The van der Waals surface area contributed by atoms with Crippen LogP contribution in [0, 0.1) is 20.8 Å². The summed E-state index contributed by atoms with van der Waals surface area (Å²) >= 11 is 1.39. The molecule has 0 unspecified atom stereocenters. The SMILES string of the molecule is COc1ccccc1CCNC(=O)CSc1ccc(-c2cc(C)c(C)cc2C)nn1. The molecule has 5 nitrogen and oxygen atoms in total. The van der Waals surface area contributed by atoms with E-state index in [1.54, 1.807) is 7.11 Å². The van der Waals surface area contributed by atoms with Gasteiger partial charge in [-0.2, -0.15) is 0 Å². The molecule has 0 aliphatic carbocycles. The molecule has 156 valence electrons. The lowest BCUT2D eigenvalue weighted by atomic mass is 9.99. The summed E-state index contributed by atoms with van der Waals surface area (Å²) in [5.74, 6) is 1.13. The summed E-state index contributed by atoms with van der Waals surface area (Å²) in [4.78, 5) is 12.2. The number of nitrogens with zero attached hydrogens (tertiary/aromatic N) is 2. The number of benzene rings is 2. The predicted octanol–water partition coefficient (Wildman–Crippen LogP) is 4.53. The summed E-state index contributed by atoms with van der Waals surface area (Å²) in [6.45, 7) is 6.86. The zero-order valence-corrected chi connectivity index (χ0v) is 18.7. The number of hydrogen-bond acceptors (Lipinski definition) is 5. The summed E-state index contributed by atoms with van der Waals surface area (Å²) in [5, 5.41) is 12.3. The van der Waals surface area contributed by atoms with E-state index in [0.717, 1.165) is 34.0 Å². The maximum Gasteiger partial charge on any atom is 0.230 e. The number of amides is 1. The van der Waals surface area contributed by atoms with Gasteiger partial charge in [-0.1, -0.05) is 36.0 Å². The molecule has 3 aromatic rings. The Balaban J connectivity index is 1.50. The van der Waals surface area contributed by atoms with Crippen molar-refractivity contribution in [3.05, 3.63) is 70.8 Å². The lowest BCUT2D eigenvalue weighted by molar-refractivity contribution is -0.118. The topological polar surface area (TPSA) is 64.1 Å². The first-order chi connectivity index (χ1) is 14.5. The molecule has 0 bridgehead atoms. The van der Waals surface area contributed by atoms with Gasteiger partial charge in [-0.05, 0) is 73.7 Å². The molecule has 0 spiro atoms. The van der Waals surface area contributed by atoms with E-state index in [2.05, 4.69) is 48.4 Å². The van der Waals surface area contributed by atoms with E-state index in [4.69, 9.17) is 4.74 Å². The second-order valence-corrected chi connectivity index (χ2v) is 8.20. The molecule has 1 amide bonds. The predicted molar refractivity (Wildman–Crippen MR) is 122 cm³/mol. The van der Waals surface area contributed by atoms with Crippen LogP contribution in [-0.4, -0.2) is 35.5 Å². The minimum atomic E-state index is -0.0224. The second-order valence-electron chi connectivity index (χ2n) is 7.21.